The molecule has 2 aliphatic rings. The molecule has 0 spiro atoms. The highest BCUT2D eigenvalue weighted by Gasteiger charge is 2.40. The highest BCUT2D eigenvalue weighted by Crippen LogP contribution is 2.41. The number of nitrogens with zero attached hydrogens (tertiary/aromatic N) is 2. The first-order valence-electron chi connectivity index (χ1n) is 8.67. The molecule has 0 saturated heterocycles. The first-order chi connectivity index (χ1) is 10.1. The minimum atomic E-state index is -0.0558. The zero-order valence-corrected chi connectivity index (χ0v) is 13.5. The Morgan fingerprint density at radius 3 is 2.29 bits per heavy atom. The second-order valence-corrected chi connectivity index (χ2v) is 7.58. The number of hydrogen-bond acceptors (Lipinski definition) is 4. The van der Waals surface area contributed by atoms with E-state index in [4.69, 9.17) is 15.2 Å². The molecule has 118 valence electrons. The summed E-state index contributed by atoms with van der Waals surface area (Å²) in [6.45, 7) is 5.29. The Balaban J connectivity index is 1.74. The molecule has 0 bridgehead atoms. The predicted molar refractivity (Wildman–Crippen MR) is 83.0 cm³/mol. The van der Waals surface area contributed by atoms with Crippen molar-refractivity contribution in [1.29, 1.82) is 0 Å². The Kier molecular flexibility index (Phi) is 4.34. The van der Waals surface area contributed by atoms with Crippen molar-refractivity contribution in [2.75, 3.05) is 6.54 Å². The first-order valence-corrected chi connectivity index (χ1v) is 8.67. The number of aromatic nitrogens is 2. The minimum Gasteiger partial charge on any atom is -0.339 e. The van der Waals surface area contributed by atoms with Crippen LogP contribution in [0.3, 0.4) is 0 Å². The molecule has 4 nitrogen and oxygen atoms in total. The fraction of sp³-hybridized carbons (Fsp3) is 0.882. The lowest BCUT2D eigenvalue weighted by Gasteiger charge is -2.35. The monoisotopic (exact) mass is 291 g/mol. The number of rotatable bonds is 3. The van der Waals surface area contributed by atoms with Gasteiger partial charge in [-0.1, -0.05) is 31.8 Å². The van der Waals surface area contributed by atoms with Crippen LogP contribution in [0.15, 0.2) is 4.52 Å². The molecule has 1 heterocycles. The van der Waals surface area contributed by atoms with E-state index in [-0.39, 0.29) is 5.41 Å². The van der Waals surface area contributed by atoms with E-state index in [0.29, 0.717) is 12.5 Å². The van der Waals surface area contributed by atoms with Crippen molar-refractivity contribution in [3.05, 3.63) is 11.7 Å². The molecule has 4 heteroatoms. The lowest BCUT2D eigenvalue weighted by Crippen LogP contribution is -2.39. The van der Waals surface area contributed by atoms with Crippen LogP contribution in [0, 0.1) is 11.8 Å². The van der Waals surface area contributed by atoms with Crippen molar-refractivity contribution in [2.24, 2.45) is 17.6 Å². The summed E-state index contributed by atoms with van der Waals surface area (Å²) in [5.74, 6) is 3.89. The smallest absolute Gasteiger partial charge is 0.234 e. The van der Waals surface area contributed by atoms with Gasteiger partial charge in [0, 0.05) is 12.5 Å². The van der Waals surface area contributed by atoms with Crippen molar-refractivity contribution in [3.63, 3.8) is 0 Å². The van der Waals surface area contributed by atoms with Crippen molar-refractivity contribution < 1.29 is 4.52 Å². The van der Waals surface area contributed by atoms with Crippen molar-refractivity contribution in [1.82, 2.24) is 10.1 Å². The molecule has 0 amide bonds. The molecule has 0 aliphatic heterocycles. The summed E-state index contributed by atoms with van der Waals surface area (Å²) >= 11 is 0. The normalized spacial score (nSPS) is 37.6. The molecule has 0 unspecified atom stereocenters. The third-order valence-electron chi connectivity index (χ3n) is 5.90. The van der Waals surface area contributed by atoms with Gasteiger partial charge < -0.3 is 10.3 Å². The zero-order valence-electron chi connectivity index (χ0n) is 13.5. The van der Waals surface area contributed by atoms with Gasteiger partial charge in [0.1, 0.15) is 0 Å². The third kappa shape index (κ3) is 3.01. The average molecular weight is 291 g/mol. The van der Waals surface area contributed by atoms with E-state index in [1.807, 2.05) is 0 Å². The Bertz CT molecular complexity index is 454. The highest BCUT2D eigenvalue weighted by molar-refractivity contribution is 5.10. The fourth-order valence-electron chi connectivity index (χ4n) is 3.95. The first kappa shape index (κ1) is 15.0. The van der Waals surface area contributed by atoms with Gasteiger partial charge in [0.2, 0.25) is 5.89 Å². The molecule has 1 aromatic rings. The lowest BCUT2D eigenvalue weighted by molar-refractivity contribution is 0.191. The quantitative estimate of drug-likeness (QED) is 0.920. The Morgan fingerprint density at radius 2 is 1.67 bits per heavy atom. The molecule has 0 aromatic carbocycles. The van der Waals surface area contributed by atoms with Gasteiger partial charge in [0.15, 0.2) is 5.82 Å². The maximum Gasteiger partial charge on any atom is 0.234 e. The van der Waals surface area contributed by atoms with Crippen molar-refractivity contribution in [2.45, 2.75) is 76.5 Å². The summed E-state index contributed by atoms with van der Waals surface area (Å²) in [5.41, 5.74) is 6.04. The van der Waals surface area contributed by atoms with E-state index in [1.54, 1.807) is 0 Å². The molecule has 2 saturated carbocycles. The van der Waals surface area contributed by atoms with Gasteiger partial charge in [-0.25, -0.2) is 0 Å². The topological polar surface area (TPSA) is 64.9 Å². The summed E-state index contributed by atoms with van der Waals surface area (Å²) in [6.07, 6.45) is 9.59. The predicted octanol–water partition coefficient (Wildman–Crippen LogP) is 3.77. The van der Waals surface area contributed by atoms with Crippen LogP contribution in [0.25, 0.3) is 0 Å². The second-order valence-electron chi connectivity index (χ2n) is 7.58. The van der Waals surface area contributed by atoms with Crippen LogP contribution in [-0.4, -0.2) is 16.7 Å². The molecule has 2 fully saturated rings. The molecule has 21 heavy (non-hydrogen) atoms. The van der Waals surface area contributed by atoms with E-state index in [1.165, 1.54) is 38.5 Å². The molecule has 0 radical (unpaired) electrons. The molecule has 3 rings (SSSR count). The maximum absolute atomic E-state index is 6.09. The molecule has 0 atom stereocenters. The van der Waals surface area contributed by atoms with Gasteiger partial charge in [-0.05, 0) is 50.4 Å². The highest BCUT2D eigenvalue weighted by atomic mass is 16.5. The van der Waals surface area contributed by atoms with Gasteiger partial charge in [-0.15, -0.1) is 0 Å². The van der Waals surface area contributed by atoms with E-state index in [0.717, 1.165) is 36.4 Å². The summed E-state index contributed by atoms with van der Waals surface area (Å²) in [7, 11) is 0. The van der Waals surface area contributed by atoms with E-state index in [9.17, 15) is 0 Å². The second kappa shape index (κ2) is 6.07. The van der Waals surface area contributed by atoms with Crippen molar-refractivity contribution in [3.8, 4) is 0 Å². The minimum absolute atomic E-state index is 0.0558. The summed E-state index contributed by atoms with van der Waals surface area (Å²) < 4.78 is 5.67. The van der Waals surface area contributed by atoms with Crippen LogP contribution in [0.2, 0.25) is 0 Å². The van der Waals surface area contributed by atoms with Crippen LogP contribution in [0.4, 0.5) is 0 Å². The SMILES string of the molecule is CC1CCC(c2noc(C3(CN)CCC(C)CC3)n2)CC1. The van der Waals surface area contributed by atoms with Gasteiger partial charge in [-0.2, -0.15) is 4.98 Å². The standard InChI is InChI=1S/C17H29N3O/c1-12-3-5-14(6-4-12)15-19-16(21-20-15)17(11-18)9-7-13(2)8-10-17/h12-14H,3-11,18H2,1-2H3. The van der Waals surface area contributed by atoms with Crippen LogP contribution in [0.1, 0.15) is 82.8 Å². The fourth-order valence-corrected chi connectivity index (χ4v) is 3.95. The Labute approximate surface area is 127 Å². The maximum atomic E-state index is 6.09. The van der Waals surface area contributed by atoms with Gasteiger partial charge >= 0.3 is 0 Å². The average Bonchev–Trinajstić information content (AvgIpc) is 3.00. The number of nitrogens with two attached hydrogens (primary N) is 1. The molecule has 2 N–H and O–H groups in total. The van der Waals surface area contributed by atoms with Crippen LogP contribution < -0.4 is 5.73 Å². The molecular weight excluding hydrogens is 262 g/mol. The number of hydrogen-bond donors (Lipinski definition) is 1. The van der Waals surface area contributed by atoms with E-state index < -0.39 is 0 Å². The zero-order chi connectivity index (χ0) is 14.9. The van der Waals surface area contributed by atoms with Crippen molar-refractivity contribution >= 4 is 0 Å². The van der Waals surface area contributed by atoms with E-state index in [2.05, 4.69) is 19.0 Å². The summed E-state index contributed by atoms with van der Waals surface area (Å²) in [4.78, 5) is 4.79. The molecule has 2 aliphatic carbocycles. The summed E-state index contributed by atoms with van der Waals surface area (Å²) in [6, 6.07) is 0. The summed E-state index contributed by atoms with van der Waals surface area (Å²) in [5, 5.41) is 4.31. The largest absolute Gasteiger partial charge is 0.339 e. The van der Waals surface area contributed by atoms with E-state index >= 15 is 0 Å². The Hall–Kier alpha value is -0.900. The lowest BCUT2D eigenvalue weighted by atomic mass is 9.70. The molecular formula is C17H29N3O. The van der Waals surface area contributed by atoms with Gasteiger partial charge in [0.05, 0.1) is 5.41 Å². The van der Waals surface area contributed by atoms with Crippen LogP contribution in [0.5, 0.6) is 0 Å². The third-order valence-corrected chi connectivity index (χ3v) is 5.90. The Morgan fingerprint density at radius 1 is 1.05 bits per heavy atom. The van der Waals surface area contributed by atoms with Gasteiger partial charge in [0.25, 0.3) is 0 Å². The van der Waals surface area contributed by atoms with Gasteiger partial charge in [-0.3, -0.25) is 0 Å². The van der Waals surface area contributed by atoms with Crippen LogP contribution >= 0.6 is 0 Å². The van der Waals surface area contributed by atoms with Crippen LogP contribution in [-0.2, 0) is 5.41 Å². The molecule has 1 aromatic heterocycles.